The highest BCUT2D eigenvalue weighted by Gasteiger charge is 2.33. The number of aryl methyl sites for hydroxylation is 1. The summed E-state index contributed by atoms with van der Waals surface area (Å²) in [7, 11) is 1.00. The number of nitrogens with two attached hydrogens (primary N) is 1. The number of aliphatic imine (C=N–C) groups is 1. The van der Waals surface area contributed by atoms with Crippen LogP contribution in [0.25, 0.3) is 0 Å². The van der Waals surface area contributed by atoms with E-state index in [-0.39, 0.29) is 57.3 Å². The van der Waals surface area contributed by atoms with Crippen LogP contribution in [0.1, 0.15) is 96.5 Å². The van der Waals surface area contributed by atoms with Crippen LogP contribution in [0.2, 0.25) is 0 Å². The smallest absolute Gasteiger partial charge is 0.319 e. The monoisotopic (exact) mass is 996 g/mol. The second-order valence-corrected chi connectivity index (χ2v) is 15.9. The number of aliphatic hydroxyl groups is 3. The fourth-order valence-corrected chi connectivity index (χ4v) is 6.58. The summed E-state index contributed by atoms with van der Waals surface area (Å²) >= 11 is 0. The molecule has 2 fully saturated rings. The molecule has 2 saturated carbocycles. The number of hydrogen-bond donors (Lipinski definition) is 7. The maximum Gasteiger partial charge on any atom is 0.319 e. The number of aromatic hydroxyl groups is 1. The topological polar surface area (TPSA) is 219 Å². The van der Waals surface area contributed by atoms with Gasteiger partial charge in [0.1, 0.15) is 11.5 Å². The molecule has 2 amide bonds. The number of phenols is 1. The van der Waals surface area contributed by atoms with Gasteiger partial charge in [-0.1, -0.05) is 26.7 Å². The van der Waals surface area contributed by atoms with Crippen molar-refractivity contribution in [2.75, 3.05) is 78.4 Å². The molecule has 0 heterocycles. The molecule has 8 N–H and O–H groups in total. The van der Waals surface area contributed by atoms with Gasteiger partial charge in [0.15, 0.2) is 0 Å². The summed E-state index contributed by atoms with van der Waals surface area (Å²) < 4.78 is 95.0. The van der Waals surface area contributed by atoms with Gasteiger partial charge in [-0.2, -0.15) is 27.4 Å². The molecule has 2 aliphatic carbocycles. The molecule has 388 valence electrons. The molecule has 3 atom stereocenters. The van der Waals surface area contributed by atoms with E-state index in [4.69, 9.17) is 34.6 Å². The number of rotatable bonds is 31. The first-order valence-corrected chi connectivity index (χ1v) is 22.9. The molecule has 4 rings (SSSR count). The lowest BCUT2D eigenvalue weighted by atomic mass is 9.90. The van der Waals surface area contributed by atoms with Gasteiger partial charge >= 0.3 is 6.03 Å². The number of halogens is 5. The van der Waals surface area contributed by atoms with Crippen molar-refractivity contribution in [3.63, 3.8) is 0 Å². The van der Waals surface area contributed by atoms with Crippen molar-refractivity contribution < 1.29 is 70.9 Å². The van der Waals surface area contributed by atoms with E-state index in [1.807, 2.05) is 6.92 Å². The summed E-state index contributed by atoms with van der Waals surface area (Å²) in [6.07, 6.45) is 10.5. The Morgan fingerprint density at radius 3 is 1.94 bits per heavy atom. The largest absolute Gasteiger partial charge is 0.508 e. The molecular weight excluding hydrogens is 922 g/mol. The normalized spacial score (nSPS) is 14.5. The van der Waals surface area contributed by atoms with Gasteiger partial charge in [-0.25, -0.2) is 18.0 Å². The third-order valence-electron chi connectivity index (χ3n) is 10.6. The predicted molar refractivity (Wildman–Crippen MR) is 256 cm³/mol. The van der Waals surface area contributed by atoms with E-state index in [0.29, 0.717) is 94.7 Å². The zero-order chi connectivity index (χ0) is 49.6. The van der Waals surface area contributed by atoms with Gasteiger partial charge < -0.3 is 60.6 Å². The molecular formula is C47H74F5N5O10S. The van der Waals surface area contributed by atoms with Crippen LogP contribution in [-0.4, -0.2) is 124 Å². The van der Waals surface area contributed by atoms with E-state index in [1.165, 1.54) is 31.7 Å². The number of phenolic OH excluding ortho intramolecular Hbond substituents is 1. The van der Waals surface area contributed by atoms with Crippen molar-refractivity contribution in [3.8, 4) is 11.5 Å². The lowest BCUT2D eigenvalue weighted by Gasteiger charge is -2.22. The van der Waals surface area contributed by atoms with Gasteiger partial charge in [0, 0.05) is 32.0 Å². The van der Waals surface area contributed by atoms with Crippen LogP contribution in [0.15, 0.2) is 39.6 Å². The fraction of sp³-hybridized carbons (Fsp3) is 0.638. The molecule has 2 aromatic rings. The molecule has 0 spiro atoms. The number of anilines is 1. The minimum atomic E-state index is -2.24. The first-order chi connectivity index (χ1) is 32.3. The molecule has 0 aliphatic heterocycles. The number of carbonyl (C=O) groups excluding carboxylic acids is 1. The van der Waals surface area contributed by atoms with E-state index >= 15 is 0 Å². The van der Waals surface area contributed by atoms with Crippen molar-refractivity contribution in [1.82, 2.24) is 5.32 Å². The van der Waals surface area contributed by atoms with Gasteiger partial charge in [0.25, 0.3) is 0 Å². The highest BCUT2D eigenvalue weighted by molar-refractivity contribution is 7.59. The van der Waals surface area contributed by atoms with Crippen LogP contribution in [0, 0.1) is 47.8 Å². The quantitative estimate of drug-likeness (QED) is 0.00447. The number of ether oxygens (including phenoxy) is 5. The molecule has 0 bridgehead atoms. The minimum absolute atomic E-state index is 0. The van der Waals surface area contributed by atoms with Crippen molar-refractivity contribution in [1.29, 1.82) is 0 Å². The number of nitrogens with one attached hydrogen (secondary N) is 2. The Hall–Kier alpha value is -4.09. The average molecular weight is 996 g/mol. The van der Waals surface area contributed by atoms with Crippen molar-refractivity contribution in [3.05, 3.63) is 64.2 Å². The Kier molecular flexibility index (Phi) is 32.7. The SMILES string of the molecule is CCCC(CC(O)C(O)CC)C1CC1.CO.Cc1cc(NC(=O)NCCCC/C(C=NCCOCCOCCOCCOCCC(Oc2c(F)c(F)c(F)c(F)c2F)=C2CC2)=N/N)ccc1O.S. The summed E-state index contributed by atoms with van der Waals surface area (Å²) in [6.45, 7) is 9.08. The van der Waals surface area contributed by atoms with E-state index in [1.54, 1.807) is 25.3 Å². The molecule has 68 heavy (non-hydrogen) atoms. The van der Waals surface area contributed by atoms with E-state index in [9.17, 15) is 42.1 Å². The second-order valence-electron chi connectivity index (χ2n) is 15.9. The van der Waals surface area contributed by atoms with Crippen LogP contribution in [-0.2, 0) is 18.9 Å². The van der Waals surface area contributed by atoms with Gasteiger partial charge in [-0.05, 0) is 106 Å². The van der Waals surface area contributed by atoms with Gasteiger partial charge in [0.05, 0.1) is 77.3 Å². The van der Waals surface area contributed by atoms with E-state index < -0.39 is 47.0 Å². The maximum atomic E-state index is 14.0. The molecule has 2 aromatic carbocycles. The number of carbonyl (C=O) groups is 1. The van der Waals surface area contributed by atoms with Crippen LogP contribution in [0.5, 0.6) is 11.5 Å². The zero-order valence-corrected chi connectivity index (χ0v) is 40.8. The van der Waals surface area contributed by atoms with E-state index in [0.717, 1.165) is 37.9 Å². The molecule has 0 radical (unpaired) electrons. The Morgan fingerprint density at radius 2 is 1.41 bits per heavy atom. The van der Waals surface area contributed by atoms with Crippen LogP contribution < -0.4 is 21.2 Å². The first-order valence-electron chi connectivity index (χ1n) is 22.9. The molecule has 2 aliphatic rings. The van der Waals surface area contributed by atoms with Crippen LogP contribution in [0.3, 0.4) is 0 Å². The van der Waals surface area contributed by atoms with Crippen molar-refractivity contribution in [2.45, 2.75) is 110 Å². The lowest BCUT2D eigenvalue weighted by molar-refractivity contribution is -0.00111. The number of nitrogens with zero attached hydrogens (tertiary/aromatic N) is 2. The summed E-state index contributed by atoms with van der Waals surface area (Å²) in [5.74, 6) is -4.50. The molecule has 0 saturated heterocycles. The number of benzene rings is 2. The summed E-state index contributed by atoms with van der Waals surface area (Å²) in [4.78, 5) is 16.3. The third-order valence-corrected chi connectivity index (χ3v) is 10.6. The number of allylic oxidation sites excluding steroid dienone is 1. The number of urea groups is 1. The van der Waals surface area contributed by atoms with Crippen LogP contribution >= 0.6 is 13.5 Å². The number of amides is 2. The van der Waals surface area contributed by atoms with E-state index in [2.05, 4.69) is 27.7 Å². The Labute approximate surface area is 404 Å². The Balaban J connectivity index is 0.00000115. The summed E-state index contributed by atoms with van der Waals surface area (Å²) in [6, 6.07) is 4.49. The number of hydrazone groups is 1. The maximum absolute atomic E-state index is 14.0. The minimum Gasteiger partial charge on any atom is -0.508 e. The third kappa shape index (κ3) is 24.5. The highest BCUT2D eigenvalue weighted by Crippen LogP contribution is 2.42. The standard InChI is InChI=1S/C34H44F5N5O7.C12H24O2.CH4O.H2S/c1-22-20-24(7-8-26(22)45)43-34(46)42-10-3-2-4-25(44-40)21-41-11-13-48-15-17-50-19-18-49-16-14-47-12-9-27(23-5-6-23)51-33-31(38)29(36)28(35)30(37)32(33)39;1-3-5-10(9-6-7-9)8-12(14)11(13)4-2;1-2;/h7-8,20-21,45H,2-6,9-19,40H2,1H3,(H2,42,43,46);9-14H,3-8H2,1-2H3;2H,1H3;1H2/b41-21?,44-25-;;;. The van der Waals surface area contributed by atoms with Gasteiger partial charge in [0.2, 0.25) is 34.8 Å². The highest BCUT2D eigenvalue weighted by atomic mass is 32.1. The lowest BCUT2D eigenvalue weighted by Crippen LogP contribution is -2.29. The van der Waals surface area contributed by atoms with Crippen molar-refractivity contribution in [2.24, 2.45) is 27.8 Å². The Morgan fingerprint density at radius 1 is 0.838 bits per heavy atom. The molecule has 0 aromatic heterocycles. The summed E-state index contributed by atoms with van der Waals surface area (Å²) in [5.41, 5.74) is 2.62. The van der Waals surface area contributed by atoms with Gasteiger partial charge in [-0.3, -0.25) is 4.99 Å². The van der Waals surface area contributed by atoms with Crippen LogP contribution in [0.4, 0.5) is 32.4 Å². The summed E-state index contributed by atoms with van der Waals surface area (Å²) in [5, 5.41) is 45.0. The fourth-order valence-electron chi connectivity index (χ4n) is 6.58. The molecule has 15 nitrogen and oxygen atoms in total. The average Bonchev–Trinajstić information content (AvgIpc) is 4.27. The predicted octanol–water partition coefficient (Wildman–Crippen LogP) is 7.71. The second kappa shape index (κ2) is 35.9. The number of aliphatic hydroxyl groups excluding tert-OH is 3. The molecule has 21 heteroatoms. The van der Waals surface area contributed by atoms with Gasteiger partial charge in [-0.15, -0.1) is 0 Å². The number of hydrogen-bond acceptors (Lipinski definition) is 13. The van der Waals surface area contributed by atoms with Crippen molar-refractivity contribution >= 4 is 37.1 Å². The molecule has 3 unspecified atom stereocenters. The zero-order valence-electron chi connectivity index (χ0n) is 39.8. The first kappa shape index (κ1) is 61.9. The Bertz CT molecular complexity index is 1810. The number of unbranched alkanes of at least 4 members (excludes halogenated alkanes) is 1.